The Balaban J connectivity index is 2.13. The summed E-state index contributed by atoms with van der Waals surface area (Å²) >= 11 is 4.90. The van der Waals surface area contributed by atoms with Crippen molar-refractivity contribution in [3.05, 3.63) is 41.7 Å². The maximum atomic E-state index is 11.7. The lowest BCUT2D eigenvalue weighted by Crippen LogP contribution is -2.21. The normalized spacial score (nSPS) is 16.2. The van der Waals surface area contributed by atoms with Crippen LogP contribution < -0.4 is 10.6 Å². The summed E-state index contributed by atoms with van der Waals surface area (Å²) in [6.07, 6.45) is 3.60. The lowest BCUT2D eigenvalue weighted by molar-refractivity contribution is -0.115. The van der Waals surface area contributed by atoms with Gasteiger partial charge in [-0.25, -0.2) is 0 Å². The zero-order valence-corrected chi connectivity index (χ0v) is 11.2. The molecule has 6 heteroatoms. The molecule has 2 heterocycles. The zero-order valence-electron chi connectivity index (χ0n) is 10.4. The summed E-state index contributed by atoms with van der Waals surface area (Å²) in [6, 6.07) is 9.87. The van der Waals surface area contributed by atoms with Crippen LogP contribution >= 0.6 is 12.2 Å². The maximum absolute atomic E-state index is 11.7. The van der Waals surface area contributed by atoms with E-state index in [1.165, 1.54) is 0 Å². The molecular weight excluding hydrogens is 272 g/mol. The fraction of sp³-hybridized carbons (Fsp3) is 0.0714. The van der Waals surface area contributed by atoms with Gasteiger partial charge in [0, 0.05) is 22.7 Å². The Morgan fingerprint density at radius 3 is 2.85 bits per heavy atom. The Bertz CT molecular complexity index is 797. The second kappa shape index (κ2) is 4.79. The molecule has 2 N–H and O–H groups in total. The van der Waals surface area contributed by atoms with Crippen molar-refractivity contribution in [2.24, 2.45) is 0 Å². The number of aromatic nitrogens is 1. The summed E-state index contributed by atoms with van der Waals surface area (Å²) in [5.74, 6) is -0.243. The Morgan fingerprint density at radius 1 is 1.35 bits per heavy atom. The first-order chi connectivity index (χ1) is 9.69. The SMILES string of the molecule is N#CCn1cc(/C=C2/NC(=S)NC2=O)c2ccccc21. The molecule has 0 saturated carbocycles. The Labute approximate surface area is 120 Å². The molecule has 0 aliphatic carbocycles. The van der Waals surface area contributed by atoms with E-state index in [9.17, 15) is 4.79 Å². The Kier molecular flexibility index (Phi) is 2.97. The van der Waals surface area contributed by atoms with Gasteiger partial charge in [-0.3, -0.25) is 10.1 Å². The van der Waals surface area contributed by atoms with Crippen LogP contribution in [0.3, 0.4) is 0 Å². The molecule has 1 aromatic heterocycles. The molecule has 0 spiro atoms. The Hall–Kier alpha value is -2.65. The number of fused-ring (bicyclic) bond motifs is 1. The first kappa shape index (κ1) is 12.4. The van der Waals surface area contributed by atoms with Gasteiger partial charge in [-0.2, -0.15) is 5.26 Å². The summed E-state index contributed by atoms with van der Waals surface area (Å²) in [4.78, 5) is 11.7. The van der Waals surface area contributed by atoms with Crippen LogP contribution in [0.5, 0.6) is 0 Å². The summed E-state index contributed by atoms with van der Waals surface area (Å²) in [5.41, 5.74) is 2.25. The van der Waals surface area contributed by atoms with Crippen molar-refractivity contribution in [2.75, 3.05) is 0 Å². The number of carbonyl (C=O) groups excluding carboxylic acids is 1. The van der Waals surface area contributed by atoms with Gasteiger partial charge in [0.1, 0.15) is 12.2 Å². The predicted octanol–water partition coefficient (Wildman–Crippen LogP) is 1.51. The number of carbonyl (C=O) groups is 1. The smallest absolute Gasteiger partial charge is 0.273 e. The fourth-order valence-corrected chi connectivity index (χ4v) is 2.44. The number of thiocarbonyl (C=S) groups is 1. The van der Waals surface area contributed by atoms with Crippen molar-refractivity contribution < 1.29 is 4.79 Å². The highest BCUT2D eigenvalue weighted by molar-refractivity contribution is 7.80. The third-order valence-electron chi connectivity index (χ3n) is 3.08. The minimum absolute atomic E-state index is 0.243. The number of para-hydroxylation sites is 1. The number of nitrogens with zero attached hydrogens (tertiary/aromatic N) is 2. The van der Waals surface area contributed by atoms with Gasteiger partial charge in [-0.15, -0.1) is 0 Å². The van der Waals surface area contributed by atoms with E-state index >= 15 is 0 Å². The maximum Gasteiger partial charge on any atom is 0.273 e. The van der Waals surface area contributed by atoms with E-state index in [4.69, 9.17) is 17.5 Å². The molecule has 1 aliphatic heterocycles. The van der Waals surface area contributed by atoms with Crippen LogP contribution in [0.25, 0.3) is 17.0 Å². The first-order valence-electron chi connectivity index (χ1n) is 5.98. The van der Waals surface area contributed by atoms with E-state index in [-0.39, 0.29) is 12.5 Å². The molecule has 1 aromatic carbocycles. The van der Waals surface area contributed by atoms with Gasteiger partial charge in [0.2, 0.25) is 0 Å². The lowest BCUT2D eigenvalue weighted by atomic mass is 10.1. The number of hydrogen-bond acceptors (Lipinski definition) is 3. The first-order valence-corrected chi connectivity index (χ1v) is 6.39. The van der Waals surface area contributed by atoms with Crippen LogP contribution in [0.2, 0.25) is 0 Å². The van der Waals surface area contributed by atoms with E-state index in [0.717, 1.165) is 16.5 Å². The molecule has 2 aromatic rings. The second-order valence-electron chi connectivity index (χ2n) is 4.35. The van der Waals surface area contributed by atoms with Gasteiger partial charge in [0.15, 0.2) is 5.11 Å². The van der Waals surface area contributed by atoms with Gasteiger partial charge in [0.05, 0.1) is 6.07 Å². The van der Waals surface area contributed by atoms with E-state index in [2.05, 4.69) is 16.7 Å². The van der Waals surface area contributed by atoms with Gasteiger partial charge in [-0.05, 0) is 24.4 Å². The highest BCUT2D eigenvalue weighted by Gasteiger charge is 2.20. The standard InChI is InChI=1S/C14H10N4OS/c15-5-6-18-8-9(10-3-1-2-4-12(10)18)7-11-13(19)17-14(20)16-11/h1-4,7-8H,6H2,(H2,16,17,19,20)/b11-7+. The molecule has 98 valence electrons. The van der Waals surface area contributed by atoms with Crippen molar-refractivity contribution in [2.45, 2.75) is 6.54 Å². The zero-order chi connectivity index (χ0) is 14.1. The molecular formula is C14H10N4OS. The number of amides is 1. The van der Waals surface area contributed by atoms with Crippen molar-refractivity contribution in [1.82, 2.24) is 15.2 Å². The van der Waals surface area contributed by atoms with E-state index in [1.807, 2.05) is 35.0 Å². The molecule has 3 rings (SSSR count). The van der Waals surface area contributed by atoms with Crippen LogP contribution in [0, 0.1) is 11.3 Å². The summed E-state index contributed by atoms with van der Waals surface area (Å²) in [5, 5.41) is 15.5. The van der Waals surface area contributed by atoms with Crippen molar-refractivity contribution in [1.29, 1.82) is 5.26 Å². The summed E-state index contributed by atoms with van der Waals surface area (Å²) in [6.45, 7) is 0.266. The van der Waals surface area contributed by atoms with Gasteiger partial charge < -0.3 is 9.88 Å². The molecule has 1 amide bonds. The van der Waals surface area contributed by atoms with Crippen LogP contribution in [0.15, 0.2) is 36.2 Å². The number of hydrogen-bond donors (Lipinski definition) is 2. The molecule has 1 saturated heterocycles. The van der Waals surface area contributed by atoms with Crippen molar-refractivity contribution in [3.63, 3.8) is 0 Å². The largest absolute Gasteiger partial charge is 0.333 e. The van der Waals surface area contributed by atoms with Gasteiger partial charge in [0.25, 0.3) is 5.91 Å². The number of benzene rings is 1. The van der Waals surface area contributed by atoms with E-state index < -0.39 is 0 Å². The molecule has 5 nitrogen and oxygen atoms in total. The highest BCUT2D eigenvalue weighted by Crippen LogP contribution is 2.23. The van der Waals surface area contributed by atoms with Crippen LogP contribution in [-0.4, -0.2) is 15.6 Å². The number of nitrogens with one attached hydrogen (secondary N) is 2. The van der Waals surface area contributed by atoms with Crippen LogP contribution in [0.1, 0.15) is 5.56 Å². The van der Waals surface area contributed by atoms with E-state index in [1.54, 1.807) is 6.08 Å². The number of rotatable bonds is 2. The summed E-state index contributed by atoms with van der Waals surface area (Å²) < 4.78 is 1.85. The molecule has 0 atom stereocenters. The fourth-order valence-electron chi connectivity index (χ4n) is 2.24. The molecule has 1 fully saturated rings. The van der Waals surface area contributed by atoms with E-state index in [0.29, 0.717) is 10.8 Å². The summed E-state index contributed by atoms with van der Waals surface area (Å²) in [7, 11) is 0. The third kappa shape index (κ3) is 2.04. The predicted molar refractivity (Wildman–Crippen MR) is 79.4 cm³/mol. The average molecular weight is 282 g/mol. The lowest BCUT2D eigenvalue weighted by Gasteiger charge is -1.96. The van der Waals surface area contributed by atoms with Gasteiger partial charge in [-0.1, -0.05) is 18.2 Å². The minimum atomic E-state index is -0.243. The van der Waals surface area contributed by atoms with Crippen molar-refractivity contribution >= 4 is 40.2 Å². The molecule has 20 heavy (non-hydrogen) atoms. The van der Waals surface area contributed by atoms with Crippen LogP contribution in [0.4, 0.5) is 0 Å². The molecule has 0 unspecified atom stereocenters. The Morgan fingerprint density at radius 2 is 2.15 bits per heavy atom. The van der Waals surface area contributed by atoms with Crippen LogP contribution in [-0.2, 0) is 11.3 Å². The number of nitriles is 1. The van der Waals surface area contributed by atoms with Crippen molar-refractivity contribution in [3.8, 4) is 6.07 Å². The highest BCUT2D eigenvalue weighted by atomic mass is 32.1. The minimum Gasteiger partial charge on any atom is -0.333 e. The second-order valence-corrected chi connectivity index (χ2v) is 4.76. The quantitative estimate of drug-likeness (QED) is 0.647. The third-order valence-corrected chi connectivity index (χ3v) is 3.28. The molecule has 1 aliphatic rings. The monoisotopic (exact) mass is 282 g/mol. The average Bonchev–Trinajstić information content (AvgIpc) is 2.93. The molecule has 0 bridgehead atoms. The topological polar surface area (TPSA) is 69.8 Å². The molecule has 0 radical (unpaired) electrons. The van der Waals surface area contributed by atoms with Gasteiger partial charge >= 0.3 is 0 Å².